The summed E-state index contributed by atoms with van der Waals surface area (Å²) in [4.78, 5) is 11.7. The summed E-state index contributed by atoms with van der Waals surface area (Å²) in [5.41, 5.74) is 0.968. The van der Waals surface area contributed by atoms with E-state index < -0.39 is 5.60 Å². The van der Waals surface area contributed by atoms with Gasteiger partial charge in [0.05, 0.1) is 13.1 Å². The summed E-state index contributed by atoms with van der Waals surface area (Å²) in [6.07, 6.45) is 7.06. The number of nitrogens with zero attached hydrogens (tertiary/aromatic N) is 3. The Hall–Kier alpha value is -2.60. The van der Waals surface area contributed by atoms with Gasteiger partial charge in [0.1, 0.15) is 11.4 Å². The predicted octanol–water partition coefficient (Wildman–Crippen LogP) is 3.42. The number of anilines is 1. The van der Waals surface area contributed by atoms with Crippen molar-refractivity contribution >= 4 is 11.8 Å². The standard InChI is InChI=1S/C24H35N5O/c1-3-25-23(28-19-24(2,30)21-11-7-6-8-12-21)27-18-20-13-14-22(26-17-20)29-15-9-4-5-10-16-29/h6-8,11-14,17,30H,3-5,9-10,15-16,18-19H2,1-2H3,(H2,25,27,28). The van der Waals surface area contributed by atoms with E-state index in [-0.39, 0.29) is 0 Å². The molecule has 0 saturated carbocycles. The van der Waals surface area contributed by atoms with E-state index in [1.54, 1.807) is 0 Å². The molecule has 2 heterocycles. The number of hydrogen-bond acceptors (Lipinski definition) is 4. The first kappa shape index (κ1) is 22.1. The second-order valence-corrected chi connectivity index (χ2v) is 8.11. The summed E-state index contributed by atoms with van der Waals surface area (Å²) < 4.78 is 0. The van der Waals surface area contributed by atoms with Crippen LogP contribution in [0.4, 0.5) is 5.82 Å². The van der Waals surface area contributed by atoms with Crippen molar-refractivity contribution in [2.45, 2.75) is 51.7 Å². The van der Waals surface area contributed by atoms with E-state index >= 15 is 0 Å². The highest BCUT2D eigenvalue weighted by molar-refractivity contribution is 5.79. The van der Waals surface area contributed by atoms with Crippen LogP contribution in [0.25, 0.3) is 0 Å². The van der Waals surface area contributed by atoms with Crippen molar-refractivity contribution in [1.29, 1.82) is 0 Å². The molecule has 0 radical (unpaired) electrons. The van der Waals surface area contributed by atoms with Gasteiger partial charge in [0.2, 0.25) is 0 Å². The fourth-order valence-corrected chi connectivity index (χ4v) is 3.66. The molecule has 3 rings (SSSR count). The highest BCUT2D eigenvalue weighted by Gasteiger charge is 2.23. The molecule has 1 unspecified atom stereocenters. The van der Waals surface area contributed by atoms with Gasteiger partial charge < -0.3 is 20.6 Å². The molecule has 1 aliphatic heterocycles. The molecule has 1 aromatic carbocycles. The highest BCUT2D eigenvalue weighted by Crippen LogP contribution is 2.19. The zero-order valence-corrected chi connectivity index (χ0v) is 18.3. The smallest absolute Gasteiger partial charge is 0.191 e. The van der Waals surface area contributed by atoms with Crippen LogP contribution in [0, 0.1) is 0 Å². The quantitative estimate of drug-likeness (QED) is 0.483. The van der Waals surface area contributed by atoms with Gasteiger partial charge in [0, 0.05) is 25.8 Å². The Morgan fingerprint density at radius 1 is 1.07 bits per heavy atom. The average Bonchev–Trinajstić information content (AvgIpc) is 3.06. The molecule has 30 heavy (non-hydrogen) atoms. The number of aromatic nitrogens is 1. The van der Waals surface area contributed by atoms with Gasteiger partial charge in [0.25, 0.3) is 0 Å². The number of benzene rings is 1. The van der Waals surface area contributed by atoms with E-state index in [0.29, 0.717) is 19.0 Å². The Bertz CT molecular complexity index is 781. The third-order valence-electron chi connectivity index (χ3n) is 5.50. The van der Waals surface area contributed by atoms with Crippen LogP contribution < -0.4 is 15.5 Å². The summed E-state index contributed by atoms with van der Waals surface area (Å²) in [7, 11) is 0. The normalized spacial score (nSPS) is 17.2. The van der Waals surface area contributed by atoms with Gasteiger partial charge in [-0.05, 0) is 43.9 Å². The monoisotopic (exact) mass is 409 g/mol. The number of hydrogen-bond donors (Lipinski definition) is 3. The van der Waals surface area contributed by atoms with Crippen LogP contribution in [0.1, 0.15) is 50.7 Å². The molecule has 6 nitrogen and oxygen atoms in total. The van der Waals surface area contributed by atoms with E-state index in [2.05, 4.69) is 37.6 Å². The largest absolute Gasteiger partial charge is 0.384 e. The third-order valence-corrected chi connectivity index (χ3v) is 5.50. The molecular weight excluding hydrogens is 374 g/mol. The summed E-state index contributed by atoms with van der Waals surface area (Å²) in [5, 5.41) is 17.3. The van der Waals surface area contributed by atoms with Crippen LogP contribution in [-0.4, -0.2) is 42.2 Å². The van der Waals surface area contributed by atoms with Gasteiger partial charge in [-0.2, -0.15) is 0 Å². The van der Waals surface area contributed by atoms with Crippen molar-refractivity contribution in [2.24, 2.45) is 4.99 Å². The fraction of sp³-hybridized carbons (Fsp3) is 0.500. The Labute approximate surface area is 180 Å². The minimum atomic E-state index is -0.978. The molecule has 0 amide bonds. The van der Waals surface area contributed by atoms with Crippen LogP contribution in [0.3, 0.4) is 0 Å². The molecule has 2 aromatic rings. The molecular formula is C24H35N5O. The lowest BCUT2D eigenvalue weighted by Gasteiger charge is -2.25. The first-order valence-electron chi connectivity index (χ1n) is 11.1. The van der Waals surface area contributed by atoms with Crippen LogP contribution in [0.2, 0.25) is 0 Å². The van der Waals surface area contributed by atoms with Gasteiger partial charge in [-0.25, -0.2) is 9.98 Å². The zero-order valence-electron chi connectivity index (χ0n) is 18.3. The lowest BCUT2D eigenvalue weighted by Crippen LogP contribution is -2.44. The molecule has 1 atom stereocenters. The van der Waals surface area contributed by atoms with E-state index in [1.807, 2.05) is 50.4 Å². The Morgan fingerprint density at radius 3 is 2.43 bits per heavy atom. The van der Waals surface area contributed by atoms with Crippen LogP contribution in [-0.2, 0) is 12.1 Å². The lowest BCUT2D eigenvalue weighted by molar-refractivity contribution is 0.0617. The number of aliphatic hydroxyl groups is 1. The molecule has 3 N–H and O–H groups in total. The summed E-state index contributed by atoms with van der Waals surface area (Å²) in [5.74, 6) is 1.75. The van der Waals surface area contributed by atoms with Crippen molar-refractivity contribution < 1.29 is 5.11 Å². The summed E-state index contributed by atoms with van der Waals surface area (Å²) in [6.45, 7) is 7.70. The molecule has 1 aromatic heterocycles. The molecule has 162 valence electrons. The van der Waals surface area contributed by atoms with E-state index in [1.165, 1.54) is 25.7 Å². The van der Waals surface area contributed by atoms with Crippen LogP contribution in [0.15, 0.2) is 53.7 Å². The Kier molecular flexibility index (Phi) is 8.08. The Balaban J connectivity index is 1.58. The number of nitrogens with one attached hydrogen (secondary N) is 2. The predicted molar refractivity (Wildman–Crippen MR) is 124 cm³/mol. The van der Waals surface area contributed by atoms with Gasteiger partial charge in [-0.15, -0.1) is 0 Å². The first-order chi connectivity index (χ1) is 14.6. The van der Waals surface area contributed by atoms with Crippen LogP contribution in [0.5, 0.6) is 0 Å². The lowest BCUT2D eigenvalue weighted by atomic mass is 9.96. The maximum Gasteiger partial charge on any atom is 0.191 e. The first-order valence-corrected chi connectivity index (χ1v) is 11.1. The summed E-state index contributed by atoms with van der Waals surface area (Å²) in [6, 6.07) is 13.9. The molecule has 0 spiro atoms. The fourth-order valence-electron chi connectivity index (χ4n) is 3.66. The number of rotatable bonds is 7. The van der Waals surface area contributed by atoms with Crippen molar-refractivity contribution in [3.05, 3.63) is 59.8 Å². The molecule has 6 heteroatoms. The highest BCUT2D eigenvalue weighted by atomic mass is 16.3. The molecule has 1 fully saturated rings. The second kappa shape index (κ2) is 11.0. The maximum absolute atomic E-state index is 10.8. The number of pyridine rings is 1. The van der Waals surface area contributed by atoms with Crippen LogP contribution >= 0.6 is 0 Å². The SMILES string of the molecule is CCNC(=NCc1ccc(N2CCCCCC2)nc1)NCC(C)(O)c1ccccc1. The molecule has 1 aliphatic rings. The maximum atomic E-state index is 10.8. The minimum Gasteiger partial charge on any atom is -0.384 e. The van der Waals surface area contributed by atoms with Crippen molar-refractivity contribution in [3.8, 4) is 0 Å². The van der Waals surface area contributed by atoms with E-state index in [9.17, 15) is 5.11 Å². The third kappa shape index (κ3) is 6.46. The van der Waals surface area contributed by atoms with Gasteiger partial charge in [-0.3, -0.25) is 0 Å². The topological polar surface area (TPSA) is 72.8 Å². The zero-order chi connectivity index (χ0) is 21.2. The van der Waals surface area contributed by atoms with E-state index in [0.717, 1.165) is 36.6 Å². The number of guanidine groups is 1. The van der Waals surface area contributed by atoms with Crippen molar-refractivity contribution in [2.75, 3.05) is 31.1 Å². The van der Waals surface area contributed by atoms with E-state index in [4.69, 9.17) is 0 Å². The molecule has 0 bridgehead atoms. The van der Waals surface area contributed by atoms with Gasteiger partial charge in [-0.1, -0.05) is 49.2 Å². The minimum absolute atomic E-state index is 0.370. The summed E-state index contributed by atoms with van der Waals surface area (Å²) >= 11 is 0. The second-order valence-electron chi connectivity index (χ2n) is 8.11. The van der Waals surface area contributed by atoms with Crippen molar-refractivity contribution in [1.82, 2.24) is 15.6 Å². The van der Waals surface area contributed by atoms with Gasteiger partial charge >= 0.3 is 0 Å². The molecule has 1 saturated heterocycles. The number of aliphatic imine (C=N–C) groups is 1. The molecule has 0 aliphatic carbocycles. The Morgan fingerprint density at radius 2 is 1.80 bits per heavy atom. The van der Waals surface area contributed by atoms with Gasteiger partial charge in [0.15, 0.2) is 5.96 Å². The average molecular weight is 410 g/mol. The van der Waals surface area contributed by atoms with Crippen molar-refractivity contribution in [3.63, 3.8) is 0 Å².